The fraction of sp³-hybridized carbons (Fsp3) is 0.381. The van der Waals surface area contributed by atoms with E-state index in [1.807, 2.05) is 41.3 Å². The minimum Gasteiger partial charge on any atom is -0.454 e. The quantitative estimate of drug-likeness (QED) is 0.747. The summed E-state index contributed by atoms with van der Waals surface area (Å²) >= 11 is 0. The number of carbonyl (C=O) groups excluding carboxylic acids is 1. The number of carbonyl (C=O) groups is 1. The minimum absolute atomic E-state index is 0.0823. The Hall–Kier alpha value is -2.89. The maximum absolute atomic E-state index is 13.0. The molecule has 0 aromatic heterocycles. The van der Waals surface area contributed by atoms with E-state index in [4.69, 9.17) is 18.9 Å². The number of nitrogens with zero attached hydrogens (tertiary/aromatic N) is 1. The molecule has 2 aliphatic heterocycles. The van der Waals surface area contributed by atoms with Crippen LogP contribution in [-0.2, 0) is 17.8 Å². The van der Waals surface area contributed by atoms with Crippen molar-refractivity contribution in [3.05, 3.63) is 47.5 Å². The number of ether oxygens (including phenoxy) is 4. The molecule has 2 aromatic carbocycles. The van der Waals surface area contributed by atoms with Crippen molar-refractivity contribution in [2.45, 2.75) is 32.7 Å². The van der Waals surface area contributed by atoms with Gasteiger partial charge in [0, 0.05) is 18.7 Å². The lowest BCUT2D eigenvalue weighted by Crippen LogP contribution is -2.32. The molecule has 0 N–H and O–H groups in total. The van der Waals surface area contributed by atoms with E-state index in [1.54, 1.807) is 0 Å². The number of amides is 1. The van der Waals surface area contributed by atoms with Crippen LogP contribution in [0.25, 0.3) is 0 Å². The molecule has 6 nitrogen and oxygen atoms in total. The summed E-state index contributed by atoms with van der Waals surface area (Å²) in [6, 6.07) is 11.5. The van der Waals surface area contributed by atoms with Crippen LogP contribution in [0.2, 0.25) is 0 Å². The lowest BCUT2D eigenvalue weighted by atomic mass is 10.1. The Balaban J connectivity index is 1.49. The number of hydrogen-bond donors (Lipinski definition) is 0. The highest BCUT2D eigenvalue weighted by Crippen LogP contribution is 2.36. The molecule has 0 fully saturated rings. The normalized spacial score (nSPS) is 13.7. The Morgan fingerprint density at radius 1 is 1.00 bits per heavy atom. The van der Waals surface area contributed by atoms with Gasteiger partial charge in [0.1, 0.15) is 0 Å². The zero-order chi connectivity index (χ0) is 18.6. The zero-order valence-electron chi connectivity index (χ0n) is 15.4. The van der Waals surface area contributed by atoms with E-state index in [2.05, 4.69) is 6.92 Å². The fourth-order valence-electron chi connectivity index (χ4n) is 3.30. The van der Waals surface area contributed by atoms with Crippen molar-refractivity contribution < 1.29 is 23.7 Å². The molecule has 1 amide bonds. The van der Waals surface area contributed by atoms with Crippen LogP contribution in [0.3, 0.4) is 0 Å². The first-order valence-corrected chi connectivity index (χ1v) is 9.28. The van der Waals surface area contributed by atoms with Gasteiger partial charge in [-0.1, -0.05) is 31.5 Å². The van der Waals surface area contributed by atoms with Crippen molar-refractivity contribution in [2.75, 3.05) is 20.1 Å². The molecule has 6 heteroatoms. The van der Waals surface area contributed by atoms with E-state index in [0.29, 0.717) is 25.3 Å². The Morgan fingerprint density at radius 2 is 1.81 bits per heavy atom. The Bertz CT molecular complexity index is 835. The summed E-state index contributed by atoms with van der Waals surface area (Å²) in [6.45, 7) is 3.81. The molecular weight excluding hydrogens is 346 g/mol. The van der Waals surface area contributed by atoms with Crippen molar-refractivity contribution in [3.8, 4) is 23.0 Å². The maximum Gasteiger partial charge on any atom is 0.231 e. The second kappa shape index (κ2) is 7.78. The molecule has 4 rings (SSSR count). The van der Waals surface area contributed by atoms with Gasteiger partial charge in [-0.25, -0.2) is 0 Å². The molecule has 2 heterocycles. The summed E-state index contributed by atoms with van der Waals surface area (Å²) in [7, 11) is 0. The van der Waals surface area contributed by atoms with Gasteiger partial charge in [0.2, 0.25) is 19.5 Å². The Labute approximate surface area is 158 Å². The number of unbranched alkanes of at least 4 members (excludes halogenated alkanes) is 1. The highest BCUT2D eigenvalue weighted by atomic mass is 16.7. The van der Waals surface area contributed by atoms with E-state index < -0.39 is 0 Å². The Kier molecular flexibility index (Phi) is 5.05. The van der Waals surface area contributed by atoms with Crippen LogP contribution >= 0.6 is 0 Å². The van der Waals surface area contributed by atoms with Crippen molar-refractivity contribution >= 4 is 5.91 Å². The van der Waals surface area contributed by atoms with Gasteiger partial charge in [-0.2, -0.15) is 0 Å². The van der Waals surface area contributed by atoms with Gasteiger partial charge in [-0.15, -0.1) is 0 Å². The maximum atomic E-state index is 13.0. The highest BCUT2D eigenvalue weighted by Gasteiger charge is 2.22. The van der Waals surface area contributed by atoms with E-state index in [-0.39, 0.29) is 19.5 Å². The van der Waals surface area contributed by atoms with Crippen LogP contribution in [-0.4, -0.2) is 30.9 Å². The summed E-state index contributed by atoms with van der Waals surface area (Å²) in [5.74, 6) is 3.00. The second-order valence-electron chi connectivity index (χ2n) is 6.68. The van der Waals surface area contributed by atoms with E-state index in [0.717, 1.165) is 41.2 Å². The monoisotopic (exact) mass is 369 g/mol. The van der Waals surface area contributed by atoms with Gasteiger partial charge in [0.15, 0.2) is 23.0 Å². The first-order valence-electron chi connectivity index (χ1n) is 9.28. The van der Waals surface area contributed by atoms with Gasteiger partial charge in [0.05, 0.1) is 6.42 Å². The summed E-state index contributed by atoms with van der Waals surface area (Å²) in [5, 5.41) is 0. The minimum atomic E-state index is 0.0823. The van der Waals surface area contributed by atoms with Gasteiger partial charge < -0.3 is 23.8 Å². The van der Waals surface area contributed by atoms with E-state index in [9.17, 15) is 4.79 Å². The van der Waals surface area contributed by atoms with Crippen LogP contribution in [0.5, 0.6) is 23.0 Å². The molecular formula is C21H23NO5. The summed E-state index contributed by atoms with van der Waals surface area (Å²) in [5.41, 5.74) is 1.89. The molecule has 142 valence electrons. The third kappa shape index (κ3) is 3.79. The zero-order valence-corrected chi connectivity index (χ0v) is 15.4. The predicted octanol–water partition coefficient (Wildman–Crippen LogP) is 3.52. The largest absolute Gasteiger partial charge is 0.454 e. The van der Waals surface area contributed by atoms with E-state index >= 15 is 0 Å². The average Bonchev–Trinajstić information content (AvgIpc) is 3.33. The molecule has 27 heavy (non-hydrogen) atoms. The molecule has 2 aliphatic rings. The molecule has 2 aromatic rings. The molecule has 0 unspecified atom stereocenters. The number of para-hydroxylation sites is 1. The molecule has 0 atom stereocenters. The third-order valence-corrected chi connectivity index (χ3v) is 4.77. The molecule has 0 aliphatic carbocycles. The van der Waals surface area contributed by atoms with Crippen molar-refractivity contribution in [1.29, 1.82) is 0 Å². The predicted molar refractivity (Wildman–Crippen MR) is 99.2 cm³/mol. The number of hydrogen-bond acceptors (Lipinski definition) is 5. The summed E-state index contributed by atoms with van der Waals surface area (Å²) in [6.07, 6.45) is 2.31. The molecule has 0 saturated heterocycles. The number of rotatable bonds is 7. The van der Waals surface area contributed by atoms with Crippen LogP contribution in [0.1, 0.15) is 30.9 Å². The molecule has 0 radical (unpaired) electrons. The standard InChI is InChI=1S/C21H23NO5/c1-2-3-9-22(12-16-5-4-6-18-21(16)27-14-25-18)20(23)11-15-7-8-17-19(10-15)26-13-24-17/h4-8,10H,2-3,9,11-14H2,1H3. The lowest BCUT2D eigenvalue weighted by Gasteiger charge is -2.23. The molecule has 0 bridgehead atoms. The van der Waals surface area contributed by atoms with Crippen molar-refractivity contribution in [3.63, 3.8) is 0 Å². The van der Waals surface area contributed by atoms with Gasteiger partial charge in [-0.05, 0) is 30.2 Å². The van der Waals surface area contributed by atoms with Crippen molar-refractivity contribution in [1.82, 2.24) is 4.90 Å². The smallest absolute Gasteiger partial charge is 0.231 e. The van der Waals surface area contributed by atoms with Crippen LogP contribution < -0.4 is 18.9 Å². The van der Waals surface area contributed by atoms with Crippen molar-refractivity contribution in [2.24, 2.45) is 0 Å². The topological polar surface area (TPSA) is 57.2 Å². The number of benzene rings is 2. The van der Waals surface area contributed by atoms with Crippen LogP contribution in [0.4, 0.5) is 0 Å². The van der Waals surface area contributed by atoms with Gasteiger partial charge in [0.25, 0.3) is 0 Å². The third-order valence-electron chi connectivity index (χ3n) is 4.77. The molecule has 0 saturated carbocycles. The first kappa shape index (κ1) is 17.5. The second-order valence-corrected chi connectivity index (χ2v) is 6.68. The fourth-order valence-corrected chi connectivity index (χ4v) is 3.30. The number of fused-ring (bicyclic) bond motifs is 2. The highest BCUT2D eigenvalue weighted by molar-refractivity contribution is 5.79. The van der Waals surface area contributed by atoms with E-state index in [1.165, 1.54) is 0 Å². The summed E-state index contributed by atoms with van der Waals surface area (Å²) in [4.78, 5) is 14.9. The van der Waals surface area contributed by atoms with Crippen LogP contribution in [0, 0.1) is 0 Å². The lowest BCUT2D eigenvalue weighted by molar-refractivity contribution is -0.131. The SMILES string of the molecule is CCCCN(Cc1cccc2c1OCO2)C(=O)Cc1ccc2c(c1)OCO2. The molecule has 0 spiro atoms. The summed E-state index contributed by atoms with van der Waals surface area (Å²) < 4.78 is 21.8. The van der Waals surface area contributed by atoms with Gasteiger partial charge >= 0.3 is 0 Å². The van der Waals surface area contributed by atoms with Crippen LogP contribution in [0.15, 0.2) is 36.4 Å². The first-order chi connectivity index (χ1) is 13.2. The van der Waals surface area contributed by atoms with Gasteiger partial charge in [-0.3, -0.25) is 4.79 Å². The average molecular weight is 369 g/mol. The Morgan fingerprint density at radius 3 is 2.70 bits per heavy atom.